The van der Waals surface area contributed by atoms with E-state index >= 15 is 0 Å². The molecule has 0 radical (unpaired) electrons. The lowest BCUT2D eigenvalue weighted by molar-refractivity contribution is -0.119. The maximum absolute atomic E-state index is 14.0. The number of nitrogens with zero attached hydrogens (tertiary/aromatic N) is 1. The molecule has 37 heavy (non-hydrogen) atoms. The smallest absolute Gasteiger partial charge is 0.228 e. The highest BCUT2D eigenvalue weighted by atomic mass is 35.5. The lowest BCUT2D eigenvalue weighted by Crippen LogP contribution is -2.39. The zero-order valence-corrected chi connectivity index (χ0v) is 22.1. The van der Waals surface area contributed by atoms with Crippen molar-refractivity contribution in [2.75, 3.05) is 17.3 Å². The topological polar surface area (TPSA) is 58.6 Å². The van der Waals surface area contributed by atoms with Crippen molar-refractivity contribution in [2.24, 2.45) is 5.92 Å². The van der Waals surface area contributed by atoms with Gasteiger partial charge in [-0.1, -0.05) is 67.9 Å². The minimum atomic E-state index is -0.615. The predicted molar refractivity (Wildman–Crippen MR) is 148 cm³/mol. The molecule has 5 nitrogen and oxygen atoms in total. The van der Waals surface area contributed by atoms with Crippen LogP contribution in [0.25, 0.3) is 0 Å². The second-order valence-electron chi connectivity index (χ2n) is 10.1. The number of rotatable bonds is 5. The fraction of sp³-hybridized carbons (Fsp3) is 0.290. The Morgan fingerprint density at radius 2 is 1.73 bits per heavy atom. The molecule has 5 rings (SSSR count). The van der Waals surface area contributed by atoms with Gasteiger partial charge in [-0.2, -0.15) is 0 Å². The number of carbonyl (C=O) groups excluding carboxylic acids is 2. The Morgan fingerprint density at radius 3 is 2.43 bits per heavy atom. The number of fused-ring (bicyclic) bond motifs is 1. The number of anilines is 2. The molecule has 3 aromatic carbocycles. The molecule has 0 saturated heterocycles. The number of ether oxygens (including phenoxy) is 1. The summed E-state index contributed by atoms with van der Waals surface area (Å²) in [5.41, 5.74) is 4.86. The first-order chi connectivity index (χ1) is 17.9. The zero-order chi connectivity index (χ0) is 26.1. The molecular weight excluding hydrogens is 484 g/mol. The maximum Gasteiger partial charge on any atom is 0.228 e. The molecule has 0 fully saturated rings. The van der Waals surface area contributed by atoms with Crippen molar-refractivity contribution in [2.45, 2.75) is 45.1 Å². The van der Waals surface area contributed by atoms with E-state index in [0.717, 1.165) is 33.9 Å². The van der Waals surface area contributed by atoms with E-state index in [2.05, 4.69) is 5.32 Å². The molecule has 2 atom stereocenters. The fourth-order valence-electron chi connectivity index (χ4n) is 5.42. The van der Waals surface area contributed by atoms with Gasteiger partial charge >= 0.3 is 0 Å². The van der Waals surface area contributed by atoms with Crippen molar-refractivity contribution in [1.29, 1.82) is 0 Å². The van der Waals surface area contributed by atoms with E-state index in [1.165, 1.54) is 0 Å². The number of para-hydroxylation sites is 2. The Labute approximate surface area is 223 Å². The number of Topliss-reactive ketones (excluding diaryl/α,β-unsaturated/α-hetero) is 1. The molecule has 190 valence electrons. The van der Waals surface area contributed by atoms with Gasteiger partial charge in [-0.15, -0.1) is 0 Å². The lowest BCUT2D eigenvalue weighted by atomic mass is 9.78. The van der Waals surface area contributed by atoms with Crippen molar-refractivity contribution in [3.8, 4) is 5.75 Å². The molecule has 1 heterocycles. The first-order valence-corrected chi connectivity index (χ1v) is 13.1. The summed E-state index contributed by atoms with van der Waals surface area (Å²) in [6.07, 6.45) is 1.37. The molecule has 0 unspecified atom stereocenters. The van der Waals surface area contributed by atoms with Crippen molar-refractivity contribution < 1.29 is 14.3 Å². The van der Waals surface area contributed by atoms with E-state index in [9.17, 15) is 9.59 Å². The van der Waals surface area contributed by atoms with Crippen LogP contribution in [-0.2, 0) is 9.59 Å². The molecule has 1 aliphatic carbocycles. The van der Waals surface area contributed by atoms with Crippen LogP contribution >= 0.6 is 11.6 Å². The summed E-state index contributed by atoms with van der Waals surface area (Å²) < 4.78 is 5.32. The lowest BCUT2D eigenvalue weighted by Gasteiger charge is -2.36. The van der Waals surface area contributed by atoms with Gasteiger partial charge in [0.25, 0.3) is 0 Å². The Morgan fingerprint density at radius 1 is 1.03 bits per heavy atom. The maximum atomic E-state index is 14.0. The standard InChI is InChI=1S/C31H31ClN2O3/c1-19(2)16-29(36)34-27-11-7-6-10-25(27)33-26-17-21(20-12-14-22(37-3)15-13-20)18-28(35)30(26)31(34)23-8-4-5-9-24(23)32/h4-15,19,21,31,33H,16-18H2,1-3H3/t21-,31+/m0/s1. The van der Waals surface area contributed by atoms with Crippen molar-refractivity contribution in [3.05, 3.63) is 100 Å². The van der Waals surface area contributed by atoms with Gasteiger partial charge in [0, 0.05) is 29.1 Å². The number of allylic oxidation sites excluding steroid dienone is 1. The number of nitrogens with one attached hydrogen (secondary N) is 1. The van der Waals surface area contributed by atoms with Gasteiger partial charge in [0.15, 0.2) is 5.78 Å². The Hall–Kier alpha value is -3.57. The van der Waals surface area contributed by atoms with E-state index in [-0.39, 0.29) is 23.5 Å². The van der Waals surface area contributed by atoms with Crippen LogP contribution in [0.1, 0.15) is 56.2 Å². The predicted octanol–water partition coefficient (Wildman–Crippen LogP) is 7.30. The molecule has 0 bridgehead atoms. The number of ketones is 1. The molecule has 0 saturated carbocycles. The van der Waals surface area contributed by atoms with E-state index in [4.69, 9.17) is 16.3 Å². The van der Waals surface area contributed by atoms with Gasteiger partial charge < -0.3 is 10.1 Å². The molecule has 1 amide bonds. The van der Waals surface area contributed by atoms with Gasteiger partial charge in [-0.25, -0.2) is 0 Å². The van der Waals surface area contributed by atoms with Crippen LogP contribution in [0.4, 0.5) is 11.4 Å². The van der Waals surface area contributed by atoms with Crippen LogP contribution in [-0.4, -0.2) is 18.8 Å². The van der Waals surface area contributed by atoms with Gasteiger partial charge in [0.1, 0.15) is 5.75 Å². The zero-order valence-electron chi connectivity index (χ0n) is 21.3. The van der Waals surface area contributed by atoms with Gasteiger partial charge in [-0.05, 0) is 59.7 Å². The van der Waals surface area contributed by atoms with Gasteiger partial charge in [0.2, 0.25) is 5.91 Å². The second-order valence-corrected chi connectivity index (χ2v) is 10.5. The molecule has 6 heteroatoms. The van der Waals surface area contributed by atoms with Gasteiger partial charge in [-0.3, -0.25) is 14.5 Å². The Balaban J connectivity index is 1.68. The third kappa shape index (κ3) is 4.88. The number of carbonyl (C=O) groups is 2. The van der Waals surface area contributed by atoms with Crippen LogP contribution in [0.2, 0.25) is 5.02 Å². The summed E-state index contributed by atoms with van der Waals surface area (Å²) in [7, 11) is 1.64. The average molecular weight is 515 g/mol. The molecule has 2 aliphatic rings. The third-order valence-electron chi connectivity index (χ3n) is 7.13. The van der Waals surface area contributed by atoms with Crippen LogP contribution < -0.4 is 15.0 Å². The third-order valence-corrected chi connectivity index (χ3v) is 7.47. The van der Waals surface area contributed by atoms with E-state index in [1.807, 2.05) is 86.6 Å². The number of amides is 1. The number of hydrogen-bond acceptors (Lipinski definition) is 4. The minimum Gasteiger partial charge on any atom is -0.497 e. The normalized spacial score (nSPS) is 19.2. The Kier molecular flexibility index (Phi) is 7.07. The van der Waals surface area contributed by atoms with Gasteiger partial charge in [0.05, 0.1) is 24.5 Å². The van der Waals surface area contributed by atoms with Crippen molar-refractivity contribution in [1.82, 2.24) is 0 Å². The first-order valence-electron chi connectivity index (χ1n) is 12.7. The highest BCUT2D eigenvalue weighted by Gasteiger charge is 2.42. The van der Waals surface area contributed by atoms with Crippen molar-refractivity contribution >= 4 is 34.7 Å². The summed E-state index contributed by atoms with van der Waals surface area (Å²) in [4.78, 5) is 29.7. The highest BCUT2D eigenvalue weighted by molar-refractivity contribution is 6.31. The fourth-order valence-corrected chi connectivity index (χ4v) is 5.65. The summed E-state index contributed by atoms with van der Waals surface area (Å²) >= 11 is 6.74. The summed E-state index contributed by atoms with van der Waals surface area (Å²) in [6, 6.07) is 22.6. The number of benzene rings is 3. The monoisotopic (exact) mass is 514 g/mol. The average Bonchev–Trinajstić information content (AvgIpc) is 3.03. The number of methoxy groups -OCH3 is 1. The summed E-state index contributed by atoms with van der Waals surface area (Å²) in [6.45, 7) is 4.06. The molecule has 0 aromatic heterocycles. The largest absolute Gasteiger partial charge is 0.497 e. The van der Waals surface area contributed by atoms with E-state index in [1.54, 1.807) is 12.0 Å². The van der Waals surface area contributed by atoms with Crippen LogP contribution in [0.15, 0.2) is 84.1 Å². The molecule has 1 N–H and O–H groups in total. The van der Waals surface area contributed by atoms with E-state index < -0.39 is 6.04 Å². The molecular formula is C31H31ClN2O3. The minimum absolute atomic E-state index is 0.0154. The number of hydrogen-bond donors (Lipinski definition) is 1. The quantitative estimate of drug-likeness (QED) is 0.388. The highest BCUT2D eigenvalue weighted by Crippen LogP contribution is 2.48. The van der Waals surface area contributed by atoms with E-state index in [0.29, 0.717) is 29.9 Å². The molecule has 0 spiro atoms. The van der Waals surface area contributed by atoms with Crippen LogP contribution in [0.5, 0.6) is 5.75 Å². The molecule has 1 aliphatic heterocycles. The Bertz CT molecular complexity index is 1360. The SMILES string of the molecule is COc1ccc([C@@H]2CC(=O)C3=C(C2)Nc2ccccc2N(C(=O)CC(C)C)[C@@H]3c2ccccc2Cl)cc1. The first kappa shape index (κ1) is 25.1. The van der Waals surface area contributed by atoms with Crippen LogP contribution in [0, 0.1) is 5.92 Å². The number of halogens is 1. The summed E-state index contributed by atoms with van der Waals surface area (Å²) in [5, 5.41) is 4.10. The van der Waals surface area contributed by atoms with Crippen LogP contribution in [0.3, 0.4) is 0 Å². The second kappa shape index (κ2) is 10.4. The summed E-state index contributed by atoms with van der Waals surface area (Å²) in [5.74, 6) is 0.951. The van der Waals surface area contributed by atoms with Crippen molar-refractivity contribution in [3.63, 3.8) is 0 Å². The molecule has 3 aromatic rings.